The summed E-state index contributed by atoms with van der Waals surface area (Å²) in [6.45, 7) is 0. The third-order valence-electron chi connectivity index (χ3n) is 1.90. The van der Waals surface area contributed by atoms with E-state index in [0.29, 0.717) is 5.02 Å². The summed E-state index contributed by atoms with van der Waals surface area (Å²) < 4.78 is 0. The van der Waals surface area contributed by atoms with Crippen LogP contribution in [0.5, 0.6) is 0 Å². The molecule has 0 spiro atoms. The molecule has 0 saturated heterocycles. The summed E-state index contributed by atoms with van der Waals surface area (Å²) in [5, 5.41) is 4.74. The highest BCUT2D eigenvalue weighted by atomic mass is 35.5. The molecule has 0 aliphatic heterocycles. The van der Waals surface area contributed by atoms with Crippen molar-refractivity contribution >= 4 is 23.5 Å². The summed E-state index contributed by atoms with van der Waals surface area (Å²) in [6.07, 6.45) is 3.38. The molecule has 3 nitrogen and oxygen atoms in total. The van der Waals surface area contributed by atoms with Gasteiger partial charge in [-0.3, -0.25) is 10.4 Å². The Kier molecular flexibility index (Phi) is 3.51. The maximum Gasteiger partial charge on any atom is 0.0830 e. The molecule has 0 bridgehead atoms. The van der Waals surface area contributed by atoms with Crippen LogP contribution in [-0.4, -0.2) is 11.2 Å². The van der Waals surface area contributed by atoms with E-state index >= 15 is 0 Å². The van der Waals surface area contributed by atoms with Gasteiger partial charge in [0.15, 0.2) is 0 Å². The molecule has 1 heterocycles. The molecule has 1 aromatic carbocycles. The van der Waals surface area contributed by atoms with Gasteiger partial charge in [-0.25, -0.2) is 0 Å². The van der Waals surface area contributed by atoms with Gasteiger partial charge in [0.2, 0.25) is 0 Å². The molecule has 0 fully saturated rings. The van der Waals surface area contributed by atoms with Crippen LogP contribution in [0.4, 0.5) is 5.69 Å². The van der Waals surface area contributed by atoms with E-state index in [2.05, 4.69) is 15.5 Å². The van der Waals surface area contributed by atoms with E-state index in [4.69, 9.17) is 11.6 Å². The van der Waals surface area contributed by atoms with Crippen molar-refractivity contribution in [1.29, 1.82) is 0 Å². The summed E-state index contributed by atoms with van der Waals surface area (Å²) in [7, 11) is 0. The molecular weight excluding hydrogens is 222 g/mol. The van der Waals surface area contributed by atoms with E-state index in [-0.39, 0.29) is 0 Å². The maximum absolute atomic E-state index is 5.84. The first-order valence-corrected chi connectivity index (χ1v) is 5.18. The summed E-state index contributed by atoms with van der Waals surface area (Å²) in [5.41, 5.74) is 4.53. The van der Waals surface area contributed by atoms with E-state index in [9.17, 15) is 0 Å². The van der Waals surface area contributed by atoms with Crippen LogP contribution in [0.15, 0.2) is 53.8 Å². The molecule has 0 radical (unpaired) electrons. The largest absolute Gasteiger partial charge is 0.278 e. The van der Waals surface area contributed by atoms with Gasteiger partial charge in [-0.15, -0.1) is 0 Å². The third kappa shape index (κ3) is 3.07. The lowest BCUT2D eigenvalue weighted by Gasteiger charge is -1.99. The highest BCUT2D eigenvalue weighted by Crippen LogP contribution is 2.14. The summed E-state index contributed by atoms with van der Waals surface area (Å²) >= 11 is 5.84. The van der Waals surface area contributed by atoms with E-state index in [1.54, 1.807) is 18.5 Å². The number of hydrazone groups is 1. The fraction of sp³-hybridized carbons (Fsp3) is 0. The number of nitrogens with zero attached hydrogens (tertiary/aromatic N) is 2. The van der Waals surface area contributed by atoms with Gasteiger partial charge in [0.1, 0.15) is 0 Å². The van der Waals surface area contributed by atoms with Gasteiger partial charge < -0.3 is 0 Å². The second kappa shape index (κ2) is 5.28. The van der Waals surface area contributed by atoms with Crippen molar-refractivity contribution in [3.05, 3.63) is 59.4 Å². The van der Waals surface area contributed by atoms with E-state index in [1.807, 2.05) is 36.4 Å². The molecule has 2 aromatic rings. The molecule has 1 N–H and O–H groups in total. The van der Waals surface area contributed by atoms with Gasteiger partial charge in [0.25, 0.3) is 0 Å². The highest BCUT2D eigenvalue weighted by molar-refractivity contribution is 6.30. The van der Waals surface area contributed by atoms with Crippen LogP contribution in [0.3, 0.4) is 0 Å². The Hall–Kier alpha value is -1.87. The van der Waals surface area contributed by atoms with Crippen molar-refractivity contribution < 1.29 is 0 Å². The van der Waals surface area contributed by atoms with Crippen LogP contribution in [0.1, 0.15) is 5.69 Å². The number of aromatic nitrogens is 1. The normalized spacial score (nSPS) is 10.6. The summed E-state index contributed by atoms with van der Waals surface area (Å²) in [5.74, 6) is 0. The minimum Gasteiger partial charge on any atom is -0.278 e. The number of hydrogen-bond acceptors (Lipinski definition) is 3. The van der Waals surface area contributed by atoms with Crippen molar-refractivity contribution in [2.24, 2.45) is 5.10 Å². The van der Waals surface area contributed by atoms with Gasteiger partial charge in [-0.2, -0.15) is 5.10 Å². The molecule has 1 aromatic heterocycles. The fourth-order valence-corrected chi connectivity index (χ4v) is 1.37. The lowest BCUT2D eigenvalue weighted by atomic mass is 10.3. The number of nitrogens with one attached hydrogen (secondary N) is 1. The molecule has 80 valence electrons. The molecule has 0 aliphatic carbocycles. The van der Waals surface area contributed by atoms with Gasteiger partial charge in [0.05, 0.1) is 17.6 Å². The van der Waals surface area contributed by atoms with E-state index in [0.717, 1.165) is 11.4 Å². The summed E-state index contributed by atoms with van der Waals surface area (Å²) in [6, 6.07) is 13.0. The lowest BCUT2D eigenvalue weighted by molar-refractivity contribution is 1.28. The van der Waals surface area contributed by atoms with Crippen molar-refractivity contribution in [2.45, 2.75) is 0 Å². The zero-order valence-electron chi connectivity index (χ0n) is 8.47. The second-order valence-corrected chi connectivity index (χ2v) is 3.57. The molecule has 0 saturated carbocycles. The molecule has 16 heavy (non-hydrogen) atoms. The fourth-order valence-electron chi connectivity index (χ4n) is 1.18. The lowest BCUT2D eigenvalue weighted by Crippen LogP contribution is -1.91. The zero-order valence-corrected chi connectivity index (χ0v) is 9.22. The molecule has 0 aliphatic rings. The van der Waals surface area contributed by atoms with Crippen LogP contribution >= 0.6 is 11.6 Å². The van der Waals surface area contributed by atoms with Crippen molar-refractivity contribution in [2.75, 3.05) is 5.43 Å². The van der Waals surface area contributed by atoms with Crippen molar-refractivity contribution in [3.8, 4) is 0 Å². The third-order valence-corrected chi connectivity index (χ3v) is 2.14. The molecule has 0 amide bonds. The first-order chi connectivity index (χ1) is 7.84. The van der Waals surface area contributed by atoms with E-state index in [1.165, 1.54) is 0 Å². The van der Waals surface area contributed by atoms with E-state index < -0.39 is 0 Å². The van der Waals surface area contributed by atoms with Crippen LogP contribution in [0, 0.1) is 0 Å². The second-order valence-electron chi connectivity index (χ2n) is 3.13. The monoisotopic (exact) mass is 231 g/mol. The number of hydrogen-bond donors (Lipinski definition) is 1. The molecule has 0 atom stereocenters. The Morgan fingerprint density at radius 1 is 1.19 bits per heavy atom. The van der Waals surface area contributed by atoms with Gasteiger partial charge in [0, 0.05) is 11.2 Å². The molecule has 4 heteroatoms. The first-order valence-electron chi connectivity index (χ1n) is 4.80. The first kappa shape index (κ1) is 10.6. The summed E-state index contributed by atoms with van der Waals surface area (Å²) in [4.78, 5) is 4.11. The Balaban J connectivity index is 2.00. The average Bonchev–Trinajstić information content (AvgIpc) is 2.30. The standard InChI is InChI=1S/C12H10ClN3/c13-10-4-3-6-11(8-10)16-15-9-12-5-1-2-7-14-12/h1-9,16H. The Labute approximate surface area is 98.8 Å². The maximum atomic E-state index is 5.84. The highest BCUT2D eigenvalue weighted by Gasteiger charge is 1.90. The average molecular weight is 232 g/mol. The predicted octanol–water partition coefficient (Wildman–Crippen LogP) is 3.18. The number of pyridine rings is 1. The number of halogens is 1. The van der Waals surface area contributed by atoms with Gasteiger partial charge in [-0.1, -0.05) is 23.7 Å². The van der Waals surface area contributed by atoms with Crippen LogP contribution < -0.4 is 5.43 Å². The molecule has 2 rings (SSSR count). The Bertz CT molecular complexity index is 483. The Morgan fingerprint density at radius 2 is 2.12 bits per heavy atom. The van der Waals surface area contributed by atoms with Crippen LogP contribution in [-0.2, 0) is 0 Å². The van der Waals surface area contributed by atoms with Crippen molar-refractivity contribution in [1.82, 2.24) is 4.98 Å². The minimum atomic E-state index is 0.679. The van der Waals surface area contributed by atoms with Crippen LogP contribution in [0.25, 0.3) is 0 Å². The Morgan fingerprint density at radius 3 is 2.88 bits per heavy atom. The topological polar surface area (TPSA) is 37.3 Å². The quantitative estimate of drug-likeness (QED) is 0.651. The number of anilines is 1. The minimum absolute atomic E-state index is 0.679. The SMILES string of the molecule is Clc1cccc(NN=Cc2ccccn2)c1. The number of rotatable bonds is 3. The van der Waals surface area contributed by atoms with Gasteiger partial charge >= 0.3 is 0 Å². The zero-order chi connectivity index (χ0) is 11.2. The number of benzene rings is 1. The van der Waals surface area contributed by atoms with Crippen molar-refractivity contribution in [3.63, 3.8) is 0 Å². The molecule has 0 unspecified atom stereocenters. The molecular formula is C12H10ClN3. The van der Waals surface area contributed by atoms with Gasteiger partial charge in [-0.05, 0) is 30.3 Å². The predicted molar refractivity (Wildman–Crippen MR) is 66.9 cm³/mol. The van der Waals surface area contributed by atoms with Crippen LogP contribution in [0.2, 0.25) is 5.02 Å². The smallest absolute Gasteiger partial charge is 0.0830 e.